The first-order valence-electron chi connectivity index (χ1n) is 9.42. The molecule has 7 heteroatoms. The van der Waals surface area contributed by atoms with Crippen molar-refractivity contribution < 1.29 is 17.9 Å². The monoisotopic (exact) mass is 400 g/mol. The van der Waals surface area contributed by atoms with Gasteiger partial charge in [0.25, 0.3) is 10.0 Å². The van der Waals surface area contributed by atoms with Crippen molar-refractivity contribution in [2.24, 2.45) is 5.92 Å². The van der Waals surface area contributed by atoms with E-state index in [1.807, 2.05) is 6.07 Å². The lowest BCUT2D eigenvalue weighted by Gasteiger charge is -2.21. The summed E-state index contributed by atoms with van der Waals surface area (Å²) in [6.07, 6.45) is 6.25. The van der Waals surface area contributed by atoms with Crippen molar-refractivity contribution in [3.8, 4) is 17.6 Å². The van der Waals surface area contributed by atoms with E-state index >= 15 is 0 Å². The summed E-state index contributed by atoms with van der Waals surface area (Å²) in [5, 5.41) is 8.50. The number of ether oxygens (including phenoxy) is 2. The fourth-order valence-corrected chi connectivity index (χ4v) is 4.29. The third-order valence-corrected chi connectivity index (χ3v) is 6.15. The van der Waals surface area contributed by atoms with Crippen molar-refractivity contribution in [2.75, 3.05) is 17.9 Å². The molecule has 0 spiro atoms. The van der Waals surface area contributed by atoms with Crippen LogP contribution in [0, 0.1) is 17.2 Å². The molecule has 0 aliphatic heterocycles. The van der Waals surface area contributed by atoms with Crippen molar-refractivity contribution in [2.45, 2.75) is 37.0 Å². The predicted molar refractivity (Wildman–Crippen MR) is 107 cm³/mol. The third-order valence-electron chi connectivity index (χ3n) is 4.75. The van der Waals surface area contributed by atoms with E-state index < -0.39 is 10.0 Å². The topological polar surface area (TPSA) is 88.4 Å². The molecule has 0 saturated heterocycles. The summed E-state index contributed by atoms with van der Waals surface area (Å²) in [6.45, 7) is 0.630. The Morgan fingerprint density at radius 3 is 2.18 bits per heavy atom. The number of anilines is 1. The minimum absolute atomic E-state index is 0.0553. The second kappa shape index (κ2) is 9.47. The Morgan fingerprint density at radius 2 is 1.54 bits per heavy atom. The van der Waals surface area contributed by atoms with Gasteiger partial charge in [0.1, 0.15) is 17.6 Å². The molecule has 148 valence electrons. The van der Waals surface area contributed by atoms with E-state index in [-0.39, 0.29) is 11.5 Å². The molecule has 0 amide bonds. The van der Waals surface area contributed by atoms with Crippen LogP contribution in [0.5, 0.6) is 11.5 Å². The van der Waals surface area contributed by atoms with Crippen molar-refractivity contribution in [1.29, 1.82) is 5.26 Å². The molecule has 3 rings (SSSR count). The molecule has 28 heavy (non-hydrogen) atoms. The first-order chi connectivity index (χ1) is 13.6. The summed E-state index contributed by atoms with van der Waals surface area (Å²) >= 11 is 0. The Labute approximate surface area is 166 Å². The molecule has 0 bridgehead atoms. The SMILES string of the molecule is N#CCOc1ccc(NS(=O)(=O)c2ccc(OCC3CCCCC3)cc2)cc1. The second-order valence-electron chi connectivity index (χ2n) is 6.86. The normalized spacial score (nSPS) is 14.8. The molecule has 1 aliphatic carbocycles. The summed E-state index contributed by atoms with van der Waals surface area (Å²) in [4.78, 5) is 0.169. The summed E-state index contributed by atoms with van der Waals surface area (Å²) < 4.78 is 38.6. The van der Waals surface area contributed by atoms with Gasteiger partial charge in [0.05, 0.1) is 11.5 Å². The van der Waals surface area contributed by atoms with Crippen LogP contribution in [-0.2, 0) is 10.0 Å². The molecule has 2 aromatic carbocycles. The smallest absolute Gasteiger partial charge is 0.261 e. The minimum Gasteiger partial charge on any atom is -0.493 e. The summed E-state index contributed by atoms with van der Waals surface area (Å²) in [5.41, 5.74) is 0.418. The highest BCUT2D eigenvalue weighted by atomic mass is 32.2. The average molecular weight is 401 g/mol. The lowest BCUT2D eigenvalue weighted by molar-refractivity contribution is 0.209. The quantitative estimate of drug-likeness (QED) is 0.712. The molecule has 0 radical (unpaired) electrons. The van der Waals surface area contributed by atoms with Gasteiger partial charge >= 0.3 is 0 Å². The first-order valence-corrected chi connectivity index (χ1v) is 10.9. The van der Waals surface area contributed by atoms with Crippen LogP contribution in [0.2, 0.25) is 0 Å². The van der Waals surface area contributed by atoms with Gasteiger partial charge in [-0.2, -0.15) is 5.26 Å². The average Bonchev–Trinajstić information content (AvgIpc) is 2.72. The number of nitrogens with zero attached hydrogens (tertiary/aromatic N) is 1. The van der Waals surface area contributed by atoms with E-state index in [4.69, 9.17) is 14.7 Å². The van der Waals surface area contributed by atoms with Crippen LogP contribution in [0.4, 0.5) is 5.69 Å². The number of rotatable bonds is 8. The molecule has 0 aromatic heterocycles. The van der Waals surface area contributed by atoms with Gasteiger partial charge < -0.3 is 9.47 Å². The molecule has 6 nitrogen and oxygen atoms in total. The maximum Gasteiger partial charge on any atom is 0.261 e. The van der Waals surface area contributed by atoms with Crippen LogP contribution in [0.15, 0.2) is 53.4 Å². The van der Waals surface area contributed by atoms with Gasteiger partial charge in [0, 0.05) is 5.69 Å². The first kappa shape index (κ1) is 20.0. The zero-order valence-electron chi connectivity index (χ0n) is 15.6. The fraction of sp³-hybridized carbons (Fsp3) is 0.381. The van der Waals surface area contributed by atoms with Crippen LogP contribution in [0.1, 0.15) is 32.1 Å². The van der Waals surface area contributed by atoms with Crippen molar-refractivity contribution in [3.05, 3.63) is 48.5 Å². The Kier molecular flexibility index (Phi) is 6.77. The van der Waals surface area contributed by atoms with E-state index in [2.05, 4.69) is 4.72 Å². The number of nitrogens with one attached hydrogen (secondary N) is 1. The van der Waals surface area contributed by atoms with E-state index in [9.17, 15) is 8.42 Å². The van der Waals surface area contributed by atoms with Crippen LogP contribution < -0.4 is 14.2 Å². The molecule has 0 atom stereocenters. The molecule has 1 saturated carbocycles. The van der Waals surface area contributed by atoms with Crippen molar-refractivity contribution in [1.82, 2.24) is 0 Å². The van der Waals surface area contributed by atoms with Gasteiger partial charge in [-0.3, -0.25) is 4.72 Å². The lowest BCUT2D eigenvalue weighted by Crippen LogP contribution is -2.15. The summed E-state index contributed by atoms with van der Waals surface area (Å²) in [5.74, 6) is 1.78. The molecule has 0 unspecified atom stereocenters. The second-order valence-corrected chi connectivity index (χ2v) is 8.55. The van der Waals surface area contributed by atoms with E-state index in [1.54, 1.807) is 48.5 Å². The minimum atomic E-state index is -3.69. The third kappa shape index (κ3) is 5.64. The van der Waals surface area contributed by atoms with Gasteiger partial charge in [-0.25, -0.2) is 8.42 Å². The van der Waals surface area contributed by atoms with Gasteiger partial charge in [-0.1, -0.05) is 19.3 Å². The molecule has 1 fully saturated rings. The van der Waals surface area contributed by atoms with E-state index in [1.165, 1.54) is 32.1 Å². The highest BCUT2D eigenvalue weighted by Crippen LogP contribution is 2.25. The molecular formula is C21H24N2O4S. The van der Waals surface area contributed by atoms with Crippen molar-refractivity contribution in [3.63, 3.8) is 0 Å². The molecule has 1 aliphatic rings. The van der Waals surface area contributed by atoms with Gasteiger partial charge in [-0.15, -0.1) is 0 Å². The van der Waals surface area contributed by atoms with Crippen LogP contribution in [-0.4, -0.2) is 21.6 Å². The number of nitriles is 1. The standard InChI is InChI=1S/C21H24N2O4S/c22-14-15-26-19-8-6-18(7-9-19)23-28(24,25)21-12-10-20(11-13-21)27-16-17-4-2-1-3-5-17/h6-13,17,23H,1-5,15-16H2. The largest absolute Gasteiger partial charge is 0.493 e. The van der Waals surface area contributed by atoms with Gasteiger partial charge in [0.15, 0.2) is 6.61 Å². The summed E-state index contributed by atoms with van der Waals surface area (Å²) in [6, 6.07) is 14.7. The molecule has 1 N–H and O–H groups in total. The van der Waals surface area contributed by atoms with Crippen LogP contribution in [0.25, 0.3) is 0 Å². The van der Waals surface area contributed by atoms with E-state index in [0.717, 1.165) is 0 Å². The van der Waals surface area contributed by atoms with Gasteiger partial charge in [0.2, 0.25) is 0 Å². The molecule has 2 aromatic rings. The fourth-order valence-electron chi connectivity index (χ4n) is 3.23. The highest BCUT2D eigenvalue weighted by Gasteiger charge is 2.16. The number of sulfonamides is 1. The zero-order valence-corrected chi connectivity index (χ0v) is 16.5. The predicted octanol–water partition coefficient (Wildman–Crippen LogP) is 4.35. The van der Waals surface area contributed by atoms with Crippen molar-refractivity contribution >= 4 is 15.7 Å². The Bertz CT molecular complexity index is 897. The number of hydrogen-bond acceptors (Lipinski definition) is 5. The molecular weight excluding hydrogens is 376 g/mol. The van der Waals surface area contributed by atoms with Gasteiger partial charge in [-0.05, 0) is 67.3 Å². The van der Waals surface area contributed by atoms with Crippen LogP contribution >= 0.6 is 0 Å². The lowest BCUT2D eigenvalue weighted by atomic mass is 9.90. The maximum atomic E-state index is 12.5. The maximum absolute atomic E-state index is 12.5. The Hall–Kier alpha value is -2.72. The Balaban J connectivity index is 1.57. The zero-order chi connectivity index (χ0) is 19.8. The number of benzene rings is 2. The van der Waals surface area contributed by atoms with Crippen LogP contribution in [0.3, 0.4) is 0 Å². The molecule has 0 heterocycles. The summed E-state index contributed by atoms with van der Waals surface area (Å²) in [7, 11) is -3.69. The van der Waals surface area contributed by atoms with E-state index in [0.29, 0.717) is 29.7 Å². The number of hydrogen-bond donors (Lipinski definition) is 1. The Morgan fingerprint density at radius 1 is 0.929 bits per heavy atom. The highest BCUT2D eigenvalue weighted by molar-refractivity contribution is 7.92.